The average Bonchev–Trinajstić information content (AvgIpc) is 2.91. The van der Waals surface area contributed by atoms with Gasteiger partial charge >= 0.3 is 0 Å². The second-order valence-electron chi connectivity index (χ2n) is 8.35. The summed E-state index contributed by atoms with van der Waals surface area (Å²) < 4.78 is 33.7. The predicted octanol–water partition coefficient (Wildman–Crippen LogP) is 5.10. The Bertz CT molecular complexity index is 1420. The summed E-state index contributed by atoms with van der Waals surface area (Å²) >= 11 is 0. The van der Waals surface area contributed by atoms with E-state index in [-0.39, 0.29) is 4.90 Å². The molecule has 1 amide bonds. The first-order valence-corrected chi connectivity index (χ1v) is 13.0. The number of amides is 1. The topological polar surface area (TPSA) is 75.7 Å². The smallest absolute Gasteiger partial charge is 0.264 e. The third-order valence-corrected chi connectivity index (χ3v) is 7.56. The van der Waals surface area contributed by atoms with E-state index in [0.29, 0.717) is 11.4 Å². The van der Waals surface area contributed by atoms with Gasteiger partial charge in [0.25, 0.3) is 10.0 Å². The average molecular weight is 501 g/mol. The van der Waals surface area contributed by atoms with E-state index >= 15 is 0 Å². The van der Waals surface area contributed by atoms with E-state index in [0.717, 1.165) is 21.0 Å². The lowest BCUT2D eigenvalue weighted by atomic mass is 9.97. The Hall–Kier alpha value is -4.10. The fourth-order valence-corrected chi connectivity index (χ4v) is 5.43. The van der Waals surface area contributed by atoms with Gasteiger partial charge in [0.1, 0.15) is 12.3 Å². The number of rotatable bonds is 9. The number of benzene rings is 4. The summed E-state index contributed by atoms with van der Waals surface area (Å²) in [5, 5.41) is 3.05. The highest BCUT2D eigenvalue weighted by molar-refractivity contribution is 7.92. The zero-order valence-corrected chi connectivity index (χ0v) is 21.0. The number of anilines is 1. The van der Waals surface area contributed by atoms with Crippen molar-refractivity contribution < 1.29 is 17.9 Å². The van der Waals surface area contributed by atoms with Crippen LogP contribution in [-0.4, -0.2) is 28.0 Å². The number of nitrogens with zero attached hydrogens (tertiary/aromatic N) is 1. The van der Waals surface area contributed by atoms with Crippen molar-refractivity contribution in [3.63, 3.8) is 0 Å². The highest BCUT2D eigenvalue weighted by atomic mass is 32.2. The summed E-state index contributed by atoms with van der Waals surface area (Å²) in [6.07, 6.45) is 0. The van der Waals surface area contributed by atoms with Crippen LogP contribution in [0.15, 0.2) is 114 Å². The zero-order valence-electron chi connectivity index (χ0n) is 20.2. The molecule has 0 aliphatic heterocycles. The van der Waals surface area contributed by atoms with E-state index < -0.39 is 28.5 Å². The highest BCUT2D eigenvalue weighted by Gasteiger charge is 2.28. The highest BCUT2D eigenvalue weighted by Crippen LogP contribution is 2.28. The summed E-state index contributed by atoms with van der Waals surface area (Å²) in [5.74, 6) is 0.0516. The van der Waals surface area contributed by atoms with Crippen molar-refractivity contribution in [2.45, 2.75) is 17.9 Å². The van der Waals surface area contributed by atoms with Crippen LogP contribution in [0.4, 0.5) is 5.69 Å². The molecule has 0 spiro atoms. The quantitative estimate of drug-likeness (QED) is 0.347. The molecule has 0 fully saturated rings. The van der Waals surface area contributed by atoms with Gasteiger partial charge < -0.3 is 10.1 Å². The monoisotopic (exact) mass is 500 g/mol. The van der Waals surface area contributed by atoms with Crippen LogP contribution in [0.5, 0.6) is 5.75 Å². The molecule has 7 heteroatoms. The fraction of sp³-hybridized carbons (Fsp3) is 0.138. The van der Waals surface area contributed by atoms with Crippen LogP contribution in [0.3, 0.4) is 0 Å². The Morgan fingerprint density at radius 3 is 2.14 bits per heavy atom. The number of carbonyl (C=O) groups excluding carboxylic acids is 1. The summed E-state index contributed by atoms with van der Waals surface area (Å²) in [7, 11) is -2.52. The van der Waals surface area contributed by atoms with Crippen LogP contribution in [0.1, 0.15) is 22.7 Å². The normalized spacial score (nSPS) is 11.9. The minimum atomic E-state index is -4.03. The van der Waals surface area contributed by atoms with Gasteiger partial charge in [-0.1, -0.05) is 84.4 Å². The van der Waals surface area contributed by atoms with E-state index in [2.05, 4.69) is 5.32 Å². The van der Waals surface area contributed by atoms with E-state index in [9.17, 15) is 13.2 Å². The molecule has 1 N–H and O–H groups in total. The van der Waals surface area contributed by atoms with Gasteiger partial charge in [-0.15, -0.1) is 0 Å². The third kappa shape index (κ3) is 5.75. The molecule has 0 aliphatic rings. The first-order chi connectivity index (χ1) is 17.4. The van der Waals surface area contributed by atoms with Gasteiger partial charge in [-0.05, 0) is 42.3 Å². The maximum atomic E-state index is 13.6. The molecular formula is C29H28N2O4S. The molecule has 0 aliphatic carbocycles. The number of hydrogen-bond donors (Lipinski definition) is 1. The predicted molar refractivity (Wildman–Crippen MR) is 142 cm³/mol. The van der Waals surface area contributed by atoms with Crippen LogP contribution in [0, 0.1) is 6.92 Å². The van der Waals surface area contributed by atoms with Crippen LogP contribution in [0.2, 0.25) is 0 Å². The van der Waals surface area contributed by atoms with Crippen molar-refractivity contribution in [3.8, 4) is 5.75 Å². The Morgan fingerprint density at radius 2 is 1.47 bits per heavy atom. The van der Waals surface area contributed by atoms with Gasteiger partial charge in [-0.2, -0.15) is 0 Å². The Balaban J connectivity index is 1.70. The maximum absolute atomic E-state index is 13.6. The lowest BCUT2D eigenvalue weighted by Gasteiger charge is -2.26. The molecule has 6 nitrogen and oxygen atoms in total. The number of hydrogen-bond acceptors (Lipinski definition) is 4. The van der Waals surface area contributed by atoms with E-state index in [4.69, 9.17) is 4.74 Å². The van der Waals surface area contributed by atoms with Gasteiger partial charge in [-0.3, -0.25) is 9.10 Å². The minimum Gasteiger partial charge on any atom is -0.497 e. The SMILES string of the molecule is COc1cccc(N(CC(=O)NC(c2ccccc2)c2cccc(C)c2)S(=O)(=O)c2ccccc2)c1. The molecule has 36 heavy (non-hydrogen) atoms. The lowest BCUT2D eigenvalue weighted by Crippen LogP contribution is -2.42. The second kappa shape index (κ2) is 11.1. The number of carbonyl (C=O) groups is 1. The van der Waals surface area contributed by atoms with Crippen LogP contribution in [-0.2, 0) is 14.8 Å². The second-order valence-corrected chi connectivity index (χ2v) is 10.2. The molecule has 4 aromatic rings. The maximum Gasteiger partial charge on any atom is 0.264 e. The molecule has 1 atom stereocenters. The van der Waals surface area contributed by atoms with Crippen molar-refractivity contribution in [2.24, 2.45) is 0 Å². The summed E-state index contributed by atoms with van der Waals surface area (Å²) in [4.78, 5) is 13.5. The van der Waals surface area contributed by atoms with Crippen LogP contribution >= 0.6 is 0 Å². The van der Waals surface area contributed by atoms with Gasteiger partial charge in [0.05, 0.1) is 23.7 Å². The van der Waals surface area contributed by atoms with Crippen LogP contribution in [0.25, 0.3) is 0 Å². The van der Waals surface area contributed by atoms with Crippen molar-refractivity contribution in [3.05, 3.63) is 126 Å². The number of aryl methyl sites for hydroxylation is 1. The fourth-order valence-electron chi connectivity index (χ4n) is 3.99. The number of methoxy groups -OCH3 is 1. The first kappa shape index (κ1) is 25.0. The molecule has 0 saturated carbocycles. The number of sulfonamides is 1. The molecule has 184 valence electrons. The molecule has 4 rings (SSSR count). The van der Waals surface area contributed by atoms with E-state index in [1.54, 1.807) is 42.5 Å². The van der Waals surface area contributed by atoms with E-state index in [1.807, 2.05) is 61.5 Å². The number of ether oxygens (including phenoxy) is 1. The first-order valence-electron chi connectivity index (χ1n) is 11.5. The molecule has 4 aromatic carbocycles. The Morgan fingerprint density at radius 1 is 0.833 bits per heavy atom. The minimum absolute atomic E-state index is 0.0962. The molecule has 0 aromatic heterocycles. The standard InChI is InChI=1S/C29H28N2O4S/c1-22-11-9-14-24(19-22)29(23-12-5-3-6-13-23)30-28(32)21-31(25-15-10-16-26(20-25)35-2)36(33,34)27-17-7-4-8-18-27/h3-20,29H,21H2,1-2H3,(H,30,32). The van der Waals surface area contributed by atoms with Gasteiger partial charge in [0.2, 0.25) is 5.91 Å². The van der Waals surface area contributed by atoms with Crippen LogP contribution < -0.4 is 14.4 Å². The molecule has 1 unspecified atom stereocenters. The summed E-state index contributed by atoms with van der Waals surface area (Å²) in [6.45, 7) is 1.59. The van der Waals surface area contributed by atoms with Crippen molar-refractivity contribution in [1.82, 2.24) is 5.32 Å². The summed E-state index contributed by atoms with van der Waals surface area (Å²) in [5.41, 5.74) is 3.20. The molecule has 0 bridgehead atoms. The van der Waals surface area contributed by atoms with Gasteiger partial charge in [-0.25, -0.2) is 8.42 Å². The van der Waals surface area contributed by atoms with Gasteiger partial charge in [0.15, 0.2) is 0 Å². The van der Waals surface area contributed by atoms with E-state index in [1.165, 1.54) is 19.2 Å². The van der Waals surface area contributed by atoms with Crippen molar-refractivity contribution in [1.29, 1.82) is 0 Å². The molecule has 0 saturated heterocycles. The molecule has 0 heterocycles. The largest absolute Gasteiger partial charge is 0.497 e. The van der Waals surface area contributed by atoms with Crippen molar-refractivity contribution >= 4 is 21.6 Å². The third-order valence-electron chi connectivity index (χ3n) is 5.77. The van der Waals surface area contributed by atoms with Gasteiger partial charge in [0, 0.05) is 6.07 Å². The Labute approximate surface area is 212 Å². The summed E-state index contributed by atoms with van der Waals surface area (Å²) in [6, 6.07) is 31.8. The Kier molecular flexibility index (Phi) is 7.71. The van der Waals surface area contributed by atoms with Crippen molar-refractivity contribution in [2.75, 3.05) is 18.0 Å². The molecule has 0 radical (unpaired) electrons. The molecular weight excluding hydrogens is 472 g/mol. The lowest BCUT2D eigenvalue weighted by molar-refractivity contribution is -0.120. The zero-order chi connectivity index (χ0) is 25.5. The number of nitrogens with one attached hydrogen (secondary N) is 1.